The van der Waals surface area contributed by atoms with Crippen LogP contribution >= 0.6 is 0 Å². The molecule has 0 saturated carbocycles. The van der Waals surface area contributed by atoms with E-state index in [9.17, 15) is 18.0 Å². The molecule has 1 fully saturated rings. The Morgan fingerprint density at radius 1 is 1.00 bits per heavy atom. The Kier molecular flexibility index (Phi) is 6.39. The molecule has 0 aromatic heterocycles. The number of hydrogen-bond donors (Lipinski definition) is 0. The van der Waals surface area contributed by atoms with E-state index in [-0.39, 0.29) is 11.9 Å². The Labute approximate surface area is 163 Å². The molecule has 3 nitrogen and oxygen atoms in total. The Morgan fingerprint density at radius 3 is 2.29 bits per heavy atom. The van der Waals surface area contributed by atoms with Gasteiger partial charge < -0.3 is 4.90 Å². The summed E-state index contributed by atoms with van der Waals surface area (Å²) in [5, 5.41) is 0. The van der Waals surface area contributed by atoms with E-state index in [1.54, 1.807) is 0 Å². The maximum Gasteiger partial charge on any atom is 0.416 e. The maximum absolute atomic E-state index is 12.6. The highest BCUT2D eigenvalue weighted by atomic mass is 19.4. The van der Waals surface area contributed by atoms with Gasteiger partial charge >= 0.3 is 6.18 Å². The van der Waals surface area contributed by atoms with Crippen molar-refractivity contribution in [1.82, 2.24) is 9.80 Å². The number of piperazine rings is 1. The highest BCUT2D eigenvalue weighted by Crippen LogP contribution is 2.29. The van der Waals surface area contributed by atoms with E-state index < -0.39 is 11.7 Å². The first-order valence-electron chi connectivity index (χ1n) is 9.55. The fourth-order valence-electron chi connectivity index (χ4n) is 3.64. The highest BCUT2D eigenvalue weighted by molar-refractivity contribution is 5.77. The maximum atomic E-state index is 12.6. The molecule has 1 aliphatic rings. The second-order valence-electron chi connectivity index (χ2n) is 7.35. The fourth-order valence-corrected chi connectivity index (χ4v) is 3.64. The summed E-state index contributed by atoms with van der Waals surface area (Å²) in [6.07, 6.45) is -3.56. The zero-order valence-corrected chi connectivity index (χ0v) is 16.0. The number of amides is 1. The van der Waals surface area contributed by atoms with E-state index in [2.05, 4.69) is 17.0 Å². The van der Waals surface area contributed by atoms with Gasteiger partial charge in [0.25, 0.3) is 0 Å². The molecule has 1 aliphatic heterocycles. The monoisotopic (exact) mass is 390 g/mol. The van der Waals surface area contributed by atoms with Crippen LogP contribution in [0.3, 0.4) is 0 Å². The Morgan fingerprint density at radius 2 is 1.68 bits per heavy atom. The summed E-state index contributed by atoms with van der Waals surface area (Å²) in [5.41, 5.74) is 1.35. The van der Waals surface area contributed by atoms with E-state index in [0.29, 0.717) is 19.4 Å². The van der Waals surface area contributed by atoms with Gasteiger partial charge in [-0.05, 0) is 36.6 Å². The number of alkyl halides is 3. The third-order valence-corrected chi connectivity index (χ3v) is 5.19. The van der Waals surface area contributed by atoms with Gasteiger partial charge in [-0.3, -0.25) is 9.69 Å². The normalized spacial score (nSPS) is 18.3. The van der Waals surface area contributed by atoms with Crippen molar-refractivity contribution in [3.05, 3.63) is 71.3 Å². The third kappa shape index (κ3) is 5.35. The van der Waals surface area contributed by atoms with Crippen molar-refractivity contribution in [3.8, 4) is 0 Å². The van der Waals surface area contributed by atoms with Gasteiger partial charge in [0.15, 0.2) is 0 Å². The van der Waals surface area contributed by atoms with Gasteiger partial charge in [0, 0.05) is 38.6 Å². The minimum absolute atomic E-state index is 0.0618. The number of halogens is 3. The molecule has 150 valence electrons. The summed E-state index contributed by atoms with van der Waals surface area (Å²) in [4.78, 5) is 16.8. The number of benzene rings is 2. The average Bonchev–Trinajstić information content (AvgIpc) is 2.67. The fraction of sp³-hybridized carbons (Fsp3) is 0.409. The largest absolute Gasteiger partial charge is 0.416 e. The average molecular weight is 390 g/mol. The van der Waals surface area contributed by atoms with Crippen LogP contribution in [0.15, 0.2) is 54.6 Å². The predicted octanol–water partition coefficient (Wildman–Crippen LogP) is 4.37. The number of aryl methyl sites for hydroxylation is 1. The van der Waals surface area contributed by atoms with Crippen LogP contribution in [0.5, 0.6) is 0 Å². The number of rotatable bonds is 5. The number of nitrogens with zero attached hydrogens (tertiary/aromatic N) is 2. The second kappa shape index (κ2) is 8.78. The third-order valence-electron chi connectivity index (χ3n) is 5.19. The molecule has 2 aromatic rings. The van der Waals surface area contributed by atoms with Gasteiger partial charge in [-0.15, -0.1) is 0 Å². The molecule has 1 heterocycles. The van der Waals surface area contributed by atoms with Crippen molar-refractivity contribution in [2.24, 2.45) is 0 Å². The molecule has 3 rings (SSSR count). The second-order valence-corrected chi connectivity index (χ2v) is 7.35. The van der Waals surface area contributed by atoms with Gasteiger partial charge in [0.05, 0.1) is 5.56 Å². The molecule has 0 N–H and O–H groups in total. The van der Waals surface area contributed by atoms with Crippen molar-refractivity contribution in [2.75, 3.05) is 19.6 Å². The van der Waals surface area contributed by atoms with E-state index in [0.717, 1.165) is 37.3 Å². The van der Waals surface area contributed by atoms with E-state index in [4.69, 9.17) is 0 Å². The van der Waals surface area contributed by atoms with Crippen molar-refractivity contribution >= 4 is 5.91 Å². The topological polar surface area (TPSA) is 23.6 Å². The van der Waals surface area contributed by atoms with Gasteiger partial charge in [-0.1, -0.05) is 42.5 Å². The van der Waals surface area contributed by atoms with Gasteiger partial charge in [-0.2, -0.15) is 13.2 Å². The Hall–Kier alpha value is -2.34. The first-order valence-corrected chi connectivity index (χ1v) is 9.55. The molecule has 2 aromatic carbocycles. The molecule has 0 radical (unpaired) electrons. The molecule has 0 spiro atoms. The van der Waals surface area contributed by atoms with Crippen LogP contribution in [0.1, 0.15) is 30.0 Å². The van der Waals surface area contributed by atoms with Crippen LogP contribution in [-0.4, -0.2) is 41.4 Å². The lowest BCUT2D eigenvalue weighted by Crippen LogP contribution is -2.53. The van der Waals surface area contributed by atoms with E-state index in [1.807, 2.05) is 30.0 Å². The summed E-state index contributed by atoms with van der Waals surface area (Å²) in [7, 11) is 0. The standard InChI is InChI=1S/C22H25F3N2O/c1-17-15-26(16-19-5-3-2-4-6-19)13-14-27(17)21(28)12-9-18-7-10-20(11-8-18)22(23,24)25/h2-8,10-11,17H,9,12-16H2,1H3. The summed E-state index contributed by atoms with van der Waals surface area (Å²) in [5.74, 6) is 0.0618. The summed E-state index contributed by atoms with van der Waals surface area (Å²) < 4.78 is 37.9. The molecule has 28 heavy (non-hydrogen) atoms. The van der Waals surface area contributed by atoms with Gasteiger partial charge in [0.1, 0.15) is 0 Å². The van der Waals surface area contributed by atoms with Crippen LogP contribution < -0.4 is 0 Å². The van der Waals surface area contributed by atoms with Gasteiger partial charge in [0.2, 0.25) is 5.91 Å². The Balaban J connectivity index is 1.48. The zero-order chi connectivity index (χ0) is 20.1. The quantitative estimate of drug-likeness (QED) is 0.757. The minimum atomic E-state index is -4.33. The van der Waals surface area contributed by atoms with E-state index in [1.165, 1.54) is 17.7 Å². The molecule has 1 saturated heterocycles. The van der Waals surface area contributed by atoms with Crippen LogP contribution in [0.2, 0.25) is 0 Å². The summed E-state index contributed by atoms with van der Waals surface area (Å²) in [6, 6.07) is 15.4. The number of carbonyl (C=O) groups is 1. The van der Waals surface area contributed by atoms with Crippen molar-refractivity contribution < 1.29 is 18.0 Å². The summed E-state index contributed by atoms with van der Waals surface area (Å²) >= 11 is 0. The molecular weight excluding hydrogens is 365 g/mol. The van der Waals surface area contributed by atoms with Crippen molar-refractivity contribution in [1.29, 1.82) is 0 Å². The molecule has 0 bridgehead atoms. The molecular formula is C22H25F3N2O. The molecule has 0 aliphatic carbocycles. The molecule has 1 atom stereocenters. The number of carbonyl (C=O) groups excluding carboxylic acids is 1. The lowest BCUT2D eigenvalue weighted by atomic mass is 10.1. The zero-order valence-electron chi connectivity index (χ0n) is 16.0. The lowest BCUT2D eigenvalue weighted by molar-refractivity contribution is -0.138. The first-order chi connectivity index (χ1) is 13.3. The predicted molar refractivity (Wildman–Crippen MR) is 103 cm³/mol. The minimum Gasteiger partial charge on any atom is -0.337 e. The molecule has 6 heteroatoms. The van der Waals surface area contributed by atoms with Crippen LogP contribution in [0, 0.1) is 0 Å². The van der Waals surface area contributed by atoms with Crippen molar-refractivity contribution in [2.45, 2.75) is 38.5 Å². The smallest absolute Gasteiger partial charge is 0.337 e. The van der Waals surface area contributed by atoms with Crippen molar-refractivity contribution in [3.63, 3.8) is 0 Å². The Bertz CT molecular complexity index is 775. The van der Waals surface area contributed by atoms with Crippen LogP contribution in [0.4, 0.5) is 13.2 Å². The molecule has 1 unspecified atom stereocenters. The van der Waals surface area contributed by atoms with Crippen LogP contribution in [0.25, 0.3) is 0 Å². The highest BCUT2D eigenvalue weighted by Gasteiger charge is 2.30. The SMILES string of the molecule is CC1CN(Cc2ccccc2)CCN1C(=O)CCc1ccc(C(F)(F)F)cc1. The first kappa shape index (κ1) is 20.4. The lowest BCUT2D eigenvalue weighted by Gasteiger charge is -2.40. The van der Waals surface area contributed by atoms with Crippen LogP contribution in [-0.2, 0) is 23.9 Å². The molecule has 1 amide bonds. The number of hydrogen-bond acceptors (Lipinski definition) is 2. The van der Waals surface area contributed by atoms with Gasteiger partial charge in [-0.25, -0.2) is 0 Å². The van der Waals surface area contributed by atoms with E-state index >= 15 is 0 Å². The summed E-state index contributed by atoms with van der Waals surface area (Å²) in [6.45, 7) is 5.25.